The number of nitrogens with two attached hydrogens (primary N) is 2. The molecule has 0 radical (unpaired) electrons. The van der Waals surface area contributed by atoms with Gasteiger partial charge in [0, 0.05) is 26.2 Å². The van der Waals surface area contributed by atoms with Crippen molar-refractivity contribution in [2.45, 2.75) is 38.0 Å². The maximum Gasteiger partial charge on any atom is 0.419 e. The lowest BCUT2D eigenvalue weighted by molar-refractivity contribution is -0.140. The lowest BCUT2D eigenvalue weighted by atomic mass is 10.0. The van der Waals surface area contributed by atoms with Crippen LogP contribution in [0.1, 0.15) is 36.3 Å². The van der Waals surface area contributed by atoms with Crippen molar-refractivity contribution < 1.29 is 31.9 Å². The molecule has 0 saturated carbocycles. The first-order valence-electron chi connectivity index (χ1n) is 16.0. The number of amides is 2. The highest BCUT2D eigenvalue weighted by Gasteiger charge is 2.35. The van der Waals surface area contributed by atoms with Crippen molar-refractivity contribution in [2.75, 3.05) is 46.9 Å². The predicted molar refractivity (Wildman–Crippen MR) is 181 cm³/mol. The number of para-hydroxylation sites is 1. The van der Waals surface area contributed by atoms with Crippen molar-refractivity contribution in [3.05, 3.63) is 99.9 Å². The van der Waals surface area contributed by atoms with E-state index in [1.807, 2.05) is 11.8 Å². The first kappa shape index (κ1) is 38.0. The van der Waals surface area contributed by atoms with E-state index in [2.05, 4.69) is 5.32 Å². The van der Waals surface area contributed by atoms with E-state index in [4.69, 9.17) is 21.2 Å². The minimum absolute atomic E-state index is 0.0101. The second-order valence-corrected chi connectivity index (χ2v) is 11.9. The third-order valence-corrected chi connectivity index (χ3v) is 7.99. The van der Waals surface area contributed by atoms with Gasteiger partial charge in [0.25, 0.3) is 5.56 Å². The van der Waals surface area contributed by atoms with Gasteiger partial charge in [-0.05, 0) is 81.5 Å². The van der Waals surface area contributed by atoms with Crippen molar-refractivity contribution >= 4 is 22.7 Å². The van der Waals surface area contributed by atoms with Crippen LogP contribution in [-0.2, 0) is 22.2 Å². The number of hydrogen-bond acceptors (Lipinski definition) is 8. The van der Waals surface area contributed by atoms with Crippen LogP contribution in [0.15, 0.2) is 71.5 Å². The van der Waals surface area contributed by atoms with E-state index in [1.54, 1.807) is 62.6 Å². The predicted octanol–water partition coefficient (Wildman–Crippen LogP) is 3.41. The van der Waals surface area contributed by atoms with Gasteiger partial charge in [-0.3, -0.25) is 19.0 Å². The number of nitrogens with zero attached hydrogens (tertiary/aromatic N) is 4. The molecule has 4 rings (SSSR count). The van der Waals surface area contributed by atoms with Gasteiger partial charge in [-0.2, -0.15) is 13.2 Å². The molecule has 3 aromatic carbocycles. The molecule has 268 valence electrons. The van der Waals surface area contributed by atoms with E-state index < -0.39 is 53.4 Å². The minimum atomic E-state index is -4.90. The van der Waals surface area contributed by atoms with E-state index in [0.29, 0.717) is 47.6 Å². The fourth-order valence-electron chi connectivity index (χ4n) is 5.41. The number of carbonyl (C=O) groups excluding carboxylic acids is 2. The zero-order chi connectivity index (χ0) is 36.6. The Morgan fingerprint density at radius 1 is 1.04 bits per heavy atom. The van der Waals surface area contributed by atoms with Gasteiger partial charge in [0.2, 0.25) is 11.8 Å². The number of hydrogen-bond donors (Lipinski definition) is 3. The third-order valence-electron chi connectivity index (χ3n) is 7.99. The Morgan fingerprint density at radius 3 is 2.36 bits per heavy atom. The highest BCUT2D eigenvalue weighted by molar-refractivity contribution is 5.82. The maximum atomic E-state index is 14.6. The average molecular weight is 700 g/mol. The van der Waals surface area contributed by atoms with Gasteiger partial charge >= 0.3 is 6.18 Å². The average Bonchev–Trinajstić information content (AvgIpc) is 3.07. The number of carbonyl (C=O) groups is 2. The molecule has 5 N–H and O–H groups in total. The molecule has 50 heavy (non-hydrogen) atoms. The second kappa shape index (κ2) is 16.7. The number of rotatable bonds is 15. The molecule has 4 aromatic rings. The molecule has 0 aliphatic carbocycles. The van der Waals surface area contributed by atoms with Crippen molar-refractivity contribution in [3.8, 4) is 11.4 Å². The van der Waals surface area contributed by atoms with E-state index >= 15 is 0 Å². The highest BCUT2D eigenvalue weighted by atomic mass is 19.4. The monoisotopic (exact) mass is 699 g/mol. The number of fused-ring (bicyclic) bond motifs is 1. The first-order chi connectivity index (χ1) is 23.7. The van der Waals surface area contributed by atoms with Gasteiger partial charge in [-0.15, -0.1) is 0 Å². The van der Waals surface area contributed by atoms with Gasteiger partial charge < -0.3 is 31.3 Å². The molecule has 0 spiro atoms. The lowest BCUT2D eigenvalue weighted by Crippen LogP contribution is -2.47. The Bertz CT molecular complexity index is 1850. The highest BCUT2D eigenvalue weighted by Crippen LogP contribution is 2.32. The summed E-state index contributed by atoms with van der Waals surface area (Å²) in [5.74, 6) is -1.85. The van der Waals surface area contributed by atoms with Crippen LogP contribution in [0.3, 0.4) is 0 Å². The standard InChI is InChI=1S/C35H41F4N7O4/c1-4-50-24-12-10-23(11-13-24)46-32(43-29-8-6-5-7-25(29)34(46)49)30(15-16-42-33(48)28(41)21-40)45(18-17-44(2)3)31(47)20-22-9-14-26(27(36)19-22)35(37,38)39/h5-14,19,28,30H,4,15-18,20-21,40-41H2,1-3H3,(H,42,48)/t28-,30?/m0/s1. The molecule has 0 saturated heterocycles. The summed E-state index contributed by atoms with van der Waals surface area (Å²) in [4.78, 5) is 49.2. The fourth-order valence-corrected chi connectivity index (χ4v) is 5.41. The van der Waals surface area contributed by atoms with Gasteiger partial charge in [0.15, 0.2) is 0 Å². The molecular weight excluding hydrogens is 658 g/mol. The summed E-state index contributed by atoms with van der Waals surface area (Å²) in [6.07, 6.45) is -5.31. The lowest BCUT2D eigenvalue weighted by Gasteiger charge is -2.34. The van der Waals surface area contributed by atoms with E-state index in [9.17, 15) is 31.9 Å². The van der Waals surface area contributed by atoms with Crippen LogP contribution >= 0.6 is 0 Å². The van der Waals surface area contributed by atoms with E-state index in [-0.39, 0.29) is 37.4 Å². The van der Waals surface area contributed by atoms with Crippen LogP contribution < -0.4 is 27.1 Å². The largest absolute Gasteiger partial charge is 0.494 e. The molecule has 0 aliphatic rings. The number of aromatic nitrogens is 2. The van der Waals surface area contributed by atoms with Gasteiger partial charge in [0.05, 0.1) is 47.3 Å². The molecule has 2 amide bonds. The molecule has 1 aromatic heterocycles. The third kappa shape index (κ3) is 9.22. The Kier molecular flexibility index (Phi) is 12.7. The van der Waals surface area contributed by atoms with Crippen molar-refractivity contribution in [2.24, 2.45) is 11.5 Å². The zero-order valence-corrected chi connectivity index (χ0v) is 28.0. The SMILES string of the molecule is CCOc1ccc(-n2c(C(CCNC(=O)[C@@H](N)CN)N(CCN(C)C)C(=O)Cc3ccc(C(F)(F)F)c(F)c3)nc3ccccc3c2=O)cc1. The van der Waals surface area contributed by atoms with E-state index in [0.717, 1.165) is 6.07 Å². The molecule has 0 aliphatic heterocycles. The summed E-state index contributed by atoms with van der Waals surface area (Å²) in [7, 11) is 3.59. The Labute approximate surface area is 286 Å². The normalized spacial score (nSPS) is 12.9. The topological polar surface area (TPSA) is 149 Å². The Balaban J connectivity index is 1.88. The van der Waals surface area contributed by atoms with Crippen LogP contribution in [0, 0.1) is 5.82 Å². The Hall–Kier alpha value is -4.86. The summed E-state index contributed by atoms with van der Waals surface area (Å²) in [6.45, 7) is 2.58. The van der Waals surface area contributed by atoms with Crippen LogP contribution in [0.5, 0.6) is 5.75 Å². The molecular formula is C35H41F4N7O4. The van der Waals surface area contributed by atoms with Crippen LogP contribution in [0.25, 0.3) is 16.6 Å². The summed E-state index contributed by atoms with van der Waals surface area (Å²) in [6, 6.07) is 13.9. The molecule has 0 bridgehead atoms. The molecule has 2 atom stereocenters. The number of nitrogens with one attached hydrogen (secondary N) is 1. The van der Waals surface area contributed by atoms with Crippen LogP contribution in [0.2, 0.25) is 0 Å². The van der Waals surface area contributed by atoms with Crippen molar-refractivity contribution in [1.29, 1.82) is 0 Å². The molecule has 1 heterocycles. The molecule has 1 unspecified atom stereocenters. The van der Waals surface area contributed by atoms with Gasteiger partial charge in [-0.25, -0.2) is 9.37 Å². The first-order valence-corrected chi connectivity index (χ1v) is 16.0. The number of benzene rings is 3. The number of likely N-dealkylation sites (N-methyl/N-ethyl adjacent to an activating group) is 1. The molecule has 0 fully saturated rings. The molecule has 11 nitrogen and oxygen atoms in total. The number of halogens is 4. The van der Waals surface area contributed by atoms with Crippen molar-refractivity contribution in [1.82, 2.24) is 24.7 Å². The smallest absolute Gasteiger partial charge is 0.419 e. The second-order valence-electron chi connectivity index (χ2n) is 11.9. The van der Waals surface area contributed by atoms with Gasteiger partial charge in [0.1, 0.15) is 17.4 Å². The minimum Gasteiger partial charge on any atom is -0.494 e. The summed E-state index contributed by atoms with van der Waals surface area (Å²) < 4.78 is 61.3. The van der Waals surface area contributed by atoms with Crippen molar-refractivity contribution in [3.63, 3.8) is 0 Å². The number of ether oxygens (including phenoxy) is 1. The Morgan fingerprint density at radius 2 is 1.74 bits per heavy atom. The summed E-state index contributed by atoms with van der Waals surface area (Å²) in [5, 5.41) is 3.04. The summed E-state index contributed by atoms with van der Waals surface area (Å²) in [5.41, 5.74) is 10.3. The quantitative estimate of drug-likeness (QED) is 0.160. The van der Waals surface area contributed by atoms with E-state index in [1.165, 1.54) is 9.47 Å². The maximum absolute atomic E-state index is 14.6. The number of alkyl halides is 3. The molecule has 15 heteroatoms. The van der Waals surface area contributed by atoms with Crippen LogP contribution in [-0.4, -0.2) is 84.1 Å². The van der Waals surface area contributed by atoms with Crippen LogP contribution in [0.4, 0.5) is 17.6 Å². The van der Waals surface area contributed by atoms with Gasteiger partial charge in [-0.1, -0.05) is 18.2 Å². The fraction of sp³-hybridized carbons (Fsp3) is 0.371. The summed E-state index contributed by atoms with van der Waals surface area (Å²) >= 11 is 0. The zero-order valence-electron chi connectivity index (χ0n) is 28.0.